The predicted molar refractivity (Wildman–Crippen MR) is 191 cm³/mol. The van der Waals surface area contributed by atoms with E-state index in [0.717, 1.165) is 6.07 Å². The van der Waals surface area contributed by atoms with Gasteiger partial charge in [0.05, 0.1) is 30.6 Å². The molecular weight excluding hydrogens is 693 g/mol. The number of carbonyl (C=O) groups excluding carboxylic acids is 2. The number of carboxylic acid groups (broad SMARTS) is 2. The van der Waals surface area contributed by atoms with Gasteiger partial charge in [0.1, 0.15) is 29.2 Å². The first-order chi connectivity index (χ1) is 25.2. The Morgan fingerprint density at radius 1 is 0.962 bits per heavy atom. The number of pyridine rings is 1. The van der Waals surface area contributed by atoms with Crippen molar-refractivity contribution in [2.45, 2.75) is 39.5 Å². The number of halogens is 1. The van der Waals surface area contributed by atoms with Gasteiger partial charge >= 0.3 is 17.9 Å². The quantitative estimate of drug-likeness (QED) is 0.102. The van der Waals surface area contributed by atoms with Crippen LogP contribution in [0.4, 0.5) is 10.1 Å². The molecule has 0 aliphatic rings. The molecule has 5 rings (SSSR count). The number of ether oxygens (including phenoxy) is 3. The maximum atomic E-state index is 15.2. The van der Waals surface area contributed by atoms with Gasteiger partial charge in [0.15, 0.2) is 11.6 Å². The van der Waals surface area contributed by atoms with Crippen molar-refractivity contribution in [3.05, 3.63) is 119 Å². The van der Waals surface area contributed by atoms with E-state index < -0.39 is 47.3 Å². The Morgan fingerprint density at radius 2 is 1.64 bits per heavy atom. The van der Waals surface area contributed by atoms with Crippen molar-refractivity contribution < 1.29 is 48.0 Å². The van der Waals surface area contributed by atoms with Crippen LogP contribution in [0.2, 0.25) is 0 Å². The Morgan fingerprint density at radius 3 is 2.25 bits per heavy atom. The van der Waals surface area contributed by atoms with Crippen molar-refractivity contribution >= 4 is 40.4 Å². The van der Waals surface area contributed by atoms with Gasteiger partial charge in [-0.2, -0.15) is 0 Å². The zero-order valence-corrected chi connectivity index (χ0v) is 29.0. The molecule has 0 fully saturated rings. The number of aliphatic carboxylic acids is 2. The number of methoxy groups -OCH3 is 1. The van der Waals surface area contributed by atoms with Crippen molar-refractivity contribution in [1.29, 1.82) is 0 Å². The van der Waals surface area contributed by atoms with Gasteiger partial charge in [0, 0.05) is 41.6 Å². The zero-order chi connectivity index (χ0) is 38.8. The van der Waals surface area contributed by atoms with Gasteiger partial charge in [-0.25, -0.2) is 18.7 Å². The second-order valence-corrected chi connectivity index (χ2v) is 11.4. The fraction of sp³-hybridized carbons (Fsp3) is 0.189. The van der Waals surface area contributed by atoms with E-state index in [0.29, 0.717) is 45.9 Å². The highest BCUT2D eigenvalue weighted by Crippen LogP contribution is 2.33. The summed E-state index contributed by atoms with van der Waals surface area (Å²) in [6.45, 7) is 4.86. The lowest BCUT2D eigenvalue weighted by atomic mass is 10.2. The number of hydrogen-bond donors (Lipinski definition) is 4. The number of benzene rings is 3. The molecule has 5 aromatic rings. The molecule has 0 bridgehead atoms. The molecule has 0 aliphatic heterocycles. The highest BCUT2D eigenvalue weighted by atomic mass is 19.1. The summed E-state index contributed by atoms with van der Waals surface area (Å²) in [4.78, 5) is 62.6. The molecule has 2 atom stereocenters. The Balaban J connectivity index is 0.000000703. The first-order valence-corrected chi connectivity index (χ1v) is 15.9. The van der Waals surface area contributed by atoms with Crippen molar-refractivity contribution in [1.82, 2.24) is 14.3 Å². The van der Waals surface area contributed by atoms with Crippen LogP contribution in [0.25, 0.3) is 16.6 Å². The number of nitrogens with zero attached hydrogens (tertiary/aromatic N) is 3. The fourth-order valence-electron chi connectivity index (χ4n) is 4.98. The standard InChI is InChI=1S/C33H32FN5O6.C4H4O4/c1-19(44-33(42)20(2)35)18-38-21(3)30(32(41)39(38)23-8-6-5-7-9-23)31(40)37-22-10-13-29(26(34)16-22)45-28-14-15-36-27-17-24(43-4)11-12-25(27)28;5-3(6)1-2-4(7)8/h5-17,19-20H,18,35H2,1-4H3,(H,37,40);1-2H,(H,5,6)(H,7,8)/b;2-1+/t19-,20-;/m0./s1. The topological polar surface area (TPSA) is 214 Å². The summed E-state index contributed by atoms with van der Waals surface area (Å²) >= 11 is 0. The number of esters is 1. The van der Waals surface area contributed by atoms with E-state index in [1.165, 1.54) is 23.7 Å². The van der Waals surface area contributed by atoms with Crippen LogP contribution in [0.1, 0.15) is 29.9 Å². The number of anilines is 1. The van der Waals surface area contributed by atoms with Crippen LogP contribution in [0, 0.1) is 12.7 Å². The summed E-state index contributed by atoms with van der Waals surface area (Å²) < 4.78 is 34.6. The minimum Gasteiger partial charge on any atom is -0.497 e. The summed E-state index contributed by atoms with van der Waals surface area (Å²) in [5.74, 6) is -3.63. The number of hydrogen-bond acceptors (Lipinski definition) is 10. The van der Waals surface area contributed by atoms with Gasteiger partial charge in [-0.05, 0) is 63.2 Å². The van der Waals surface area contributed by atoms with Gasteiger partial charge in [-0.1, -0.05) is 18.2 Å². The molecule has 2 heterocycles. The third kappa shape index (κ3) is 9.92. The van der Waals surface area contributed by atoms with Gasteiger partial charge in [-0.3, -0.25) is 24.0 Å². The van der Waals surface area contributed by atoms with Gasteiger partial charge in [0.25, 0.3) is 11.5 Å². The van der Waals surface area contributed by atoms with E-state index in [9.17, 15) is 24.0 Å². The lowest BCUT2D eigenvalue weighted by Gasteiger charge is -2.19. The number of rotatable bonds is 12. The number of nitrogens with one attached hydrogen (secondary N) is 1. The smallest absolute Gasteiger partial charge is 0.328 e. The molecule has 0 aliphatic carbocycles. The Hall–Kier alpha value is -6.81. The first-order valence-electron chi connectivity index (χ1n) is 15.9. The lowest BCUT2D eigenvalue weighted by molar-refractivity contribution is -0.150. The van der Waals surface area contributed by atoms with Crippen molar-refractivity contribution in [3.8, 4) is 22.9 Å². The molecule has 0 spiro atoms. The second-order valence-electron chi connectivity index (χ2n) is 11.4. The van der Waals surface area contributed by atoms with E-state index in [1.807, 2.05) is 0 Å². The van der Waals surface area contributed by atoms with Crippen LogP contribution in [0.15, 0.2) is 95.9 Å². The highest BCUT2D eigenvalue weighted by Gasteiger charge is 2.26. The van der Waals surface area contributed by atoms with Crippen molar-refractivity contribution in [3.63, 3.8) is 0 Å². The molecule has 0 unspecified atom stereocenters. The van der Waals surface area contributed by atoms with E-state index in [1.54, 1.807) is 86.4 Å². The molecular formula is C37H36FN5O10. The molecule has 276 valence electrons. The molecule has 15 nitrogen and oxygen atoms in total. The molecule has 0 saturated carbocycles. The maximum absolute atomic E-state index is 15.2. The van der Waals surface area contributed by atoms with Crippen molar-refractivity contribution in [2.75, 3.05) is 12.4 Å². The second kappa shape index (κ2) is 17.4. The number of carbonyl (C=O) groups is 4. The monoisotopic (exact) mass is 729 g/mol. The van der Waals surface area contributed by atoms with E-state index in [4.69, 9.17) is 30.2 Å². The first kappa shape index (κ1) is 39.0. The van der Waals surface area contributed by atoms with Crippen molar-refractivity contribution in [2.24, 2.45) is 5.73 Å². The Bertz CT molecular complexity index is 2210. The van der Waals surface area contributed by atoms with E-state index in [-0.39, 0.29) is 23.5 Å². The van der Waals surface area contributed by atoms with Crippen LogP contribution in [-0.4, -0.2) is 67.6 Å². The van der Waals surface area contributed by atoms with Crippen LogP contribution >= 0.6 is 0 Å². The predicted octanol–water partition coefficient (Wildman–Crippen LogP) is 4.68. The van der Waals surface area contributed by atoms with Gasteiger partial charge in [0.2, 0.25) is 0 Å². The third-order valence-corrected chi connectivity index (χ3v) is 7.43. The maximum Gasteiger partial charge on any atom is 0.328 e. The van der Waals surface area contributed by atoms with Gasteiger partial charge < -0.3 is 35.5 Å². The summed E-state index contributed by atoms with van der Waals surface area (Å²) in [5.41, 5.74) is 6.45. The summed E-state index contributed by atoms with van der Waals surface area (Å²) in [6, 6.07) is 18.8. The molecule has 16 heteroatoms. The molecule has 0 radical (unpaired) electrons. The third-order valence-electron chi connectivity index (χ3n) is 7.43. The van der Waals surface area contributed by atoms with Crippen LogP contribution in [0.5, 0.6) is 17.2 Å². The van der Waals surface area contributed by atoms with Crippen LogP contribution in [0.3, 0.4) is 0 Å². The molecule has 2 aromatic heterocycles. The normalized spacial score (nSPS) is 12.0. The number of para-hydroxylation sites is 1. The number of fused-ring (bicyclic) bond motifs is 1. The molecule has 0 saturated heterocycles. The minimum absolute atomic E-state index is 0.0683. The lowest BCUT2D eigenvalue weighted by Crippen LogP contribution is -2.34. The Kier molecular flexibility index (Phi) is 12.8. The van der Waals surface area contributed by atoms with E-state index >= 15 is 4.39 Å². The van der Waals surface area contributed by atoms with Crippen LogP contribution < -0.4 is 26.1 Å². The Labute approximate surface area is 301 Å². The average molecular weight is 730 g/mol. The number of amides is 1. The minimum atomic E-state index is -1.26. The van der Waals surface area contributed by atoms with Crippen LogP contribution in [-0.2, 0) is 25.7 Å². The number of aromatic nitrogens is 3. The van der Waals surface area contributed by atoms with E-state index in [2.05, 4.69) is 10.3 Å². The number of nitrogens with two attached hydrogens (primary N) is 1. The van der Waals surface area contributed by atoms with Gasteiger partial charge in [-0.15, -0.1) is 0 Å². The highest BCUT2D eigenvalue weighted by molar-refractivity contribution is 6.05. The molecule has 53 heavy (non-hydrogen) atoms. The molecule has 3 aromatic carbocycles. The summed E-state index contributed by atoms with van der Waals surface area (Å²) in [5, 5.41) is 18.9. The average Bonchev–Trinajstić information content (AvgIpc) is 3.36. The molecule has 5 N–H and O–H groups in total. The fourth-order valence-corrected chi connectivity index (χ4v) is 4.98. The summed E-state index contributed by atoms with van der Waals surface area (Å²) in [7, 11) is 1.55. The summed E-state index contributed by atoms with van der Waals surface area (Å²) in [6.07, 6.45) is 2.00. The largest absolute Gasteiger partial charge is 0.497 e. The SMILES string of the molecule is COc1ccc2c(Oc3ccc(NC(=O)c4c(C)n(C[C@H](C)OC(=O)[C@H](C)N)n(-c5ccccc5)c4=O)cc3F)ccnc2c1.O=C(O)/C=C/C(=O)O. The zero-order valence-electron chi connectivity index (χ0n) is 29.0. The molecule has 1 amide bonds. The number of carboxylic acids is 2.